The Morgan fingerprint density at radius 2 is 2.03 bits per heavy atom. The van der Waals surface area contributed by atoms with Gasteiger partial charge < -0.3 is 21.3 Å². The zero-order valence-corrected chi connectivity index (χ0v) is 21.0. The van der Waals surface area contributed by atoms with Gasteiger partial charge in [0.2, 0.25) is 5.84 Å². The summed E-state index contributed by atoms with van der Waals surface area (Å²) < 4.78 is 39.9. The fourth-order valence-electron chi connectivity index (χ4n) is 4.58. The van der Waals surface area contributed by atoms with Crippen molar-refractivity contribution < 1.29 is 18.0 Å². The van der Waals surface area contributed by atoms with Gasteiger partial charge in [-0.2, -0.15) is 18.3 Å². The van der Waals surface area contributed by atoms with Crippen LogP contribution in [0, 0.1) is 0 Å². The number of alkyl halides is 3. The molecule has 0 spiro atoms. The highest BCUT2D eigenvalue weighted by Crippen LogP contribution is 2.43. The first-order valence-corrected chi connectivity index (χ1v) is 12.5. The van der Waals surface area contributed by atoms with E-state index in [1.807, 2.05) is 32.0 Å². The number of hydrogen-bond acceptors (Lipinski definition) is 5. The van der Waals surface area contributed by atoms with E-state index in [2.05, 4.69) is 44.5 Å². The number of H-pyrrole nitrogens is 1. The van der Waals surface area contributed by atoms with Crippen LogP contribution in [0.1, 0.15) is 43.0 Å². The van der Waals surface area contributed by atoms with Crippen LogP contribution in [0.15, 0.2) is 46.8 Å². The number of hydrogen-bond donors (Lipinski definition) is 4. The number of nitrogens with zero attached hydrogens (tertiary/aromatic N) is 3. The van der Waals surface area contributed by atoms with Gasteiger partial charge in [-0.3, -0.25) is 5.10 Å². The lowest BCUT2D eigenvalue weighted by Gasteiger charge is -2.32. The second-order valence-electron chi connectivity index (χ2n) is 9.62. The highest BCUT2D eigenvalue weighted by atomic mass is 32.1. The summed E-state index contributed by atoms with van der Waals surface area (Å²) in [4.78, 5) is 18.6. The number of thiophene rings is 1. The molecule has 1 aliphatic heterocycles. The predicted molar refractivity (Wildman–Crippen MR) is 137 cm³/mol. The van der Waals surface area contributed by atoms with E-state index < -0.39 is 17.6 Å². The number of carbonyl (C=O) groups is 1. The smallest absolute Gasteiger partial charge is 0.380 e. The summed E-state index contributed by atoms with van der Waals surface area (Å²) in [7, 11) is 0. The molecule has 1 saturated carbocycles. The van der Waals surface area contributed by atoms with Crippen molar-refractivity contribution in [2.75, 3.05) is 5.32 Å². The van der Waals surface area contributed by atoms with Crippen molar-refractivity contribution in [2.45, 2.75) is 50.5 Å². The number of carbonyl (C=O) groups excluding carboxylic acids is 1. The number of amides is 2. The van der Waals surface area contributed by atoms with E-state index in [1.54, 1.807) is 16.3 Å². The molecule has 5 rings (SSSR count). The summed E-state index contributed by atoms with van der Waals surface area (Å²) in [6, 6.07) is 11.5. The molecule has 0 radical (unpaired) electrons. The minimum absolute atomic E-state index is 0.0503. The molecule has 1 aliphatic carbocycles. The van der Waals surface area contributed by atoms with Gasteiger partial charge >= 0.3 is 12.2 Å². The van der Waals surface area contributed by atoms with Gasteiger partial charge in [0, 0.05) is 17.5 Å². The highest BCUT2D eigenvalue weighted by Gasteiger charge is 2.47. The lowest BCUT2D eigenvalue weighted by Crippen LogP contribution is -2.47. The maximum atomic E-state index is 13.3. The van der Waals surface area contributed by atoms with Gasteiger partial charge in [-0.05, 0) is 42.5 Å². The number of nitrogens with one attached hydrogen (secondary N) is 3. The van der Waals surface area contributed by atoms with E-state index in [4.69, 9.17) is 5.73 Å². The minimum Gasteiger partial charge on any atom is -0.380 e. The van der Waals surface area contributed by atoms with E-state index in [9.17, 15) is 18.0 Å². The molecule has 2 atom stereocenters. The van der Waals surface area contributed by atoms with Crippen LogP contribution in [0.25, 0.3) is 12.4 Å². The third kappa shape index (κ3) is 4.68. The average molecular weight is 530 g/mol. The number of benzene rings is 1. The van der Waals surface area contributed by atoms with Crippen molar-refractivity contribution in [1.82, 2.24) is 20.4 Å². The quantitative estimate of drug-likeness (QED) is 0.300. The van der Waals surface area contributed by atoms with E-state index in [0.29, 0.717) is 21.0 Å². The summed E-state index contributed by atoms with van der Waals surface area (Å²) in [5, 5.41) is 15.4. The molecule has 2 aromatic heterocycles. The standard InChI is InChI=1S/C25H26F3N7OS/c1-13-9-10-37-18(13)21(32-22(29)25(26,27)28)31-20-16-12-35(24(2,3)19(16)33-34-20)23(36)30-17-11-15(17)14-7-5-4-6-8-14/h4-10,15,17H,1,11-12H2,2-3H3,(H2,29,32)(H,30,36)(H2,31,33,34)/b21-18+/t15-,17+/m0/s1. The topological polar surface area (TPSA) is 111 Å². The molecule has 194 valence electrons. The van der Waals surface area contributed by atoms with Crippen LogP contribution < -0.4 is 26.1 Å². The van der Waals surface area contributed by atoms with Gasteiger partial charge in [0.05, 0.1) is 22.3 Å². The number of amidine groups is 1. The molecule has 2 amide bonds. The van der Waals surface area contributed by atoms with Gasteiger partial charge in [0.1, 0.15) is 0 Å². The molecular formula is C25H26F3N7OS. The molecular weight excluding hydrogens is 503 g/mol. The van der Waals surface area contributed by atoms with E-state index in [0.717, 1.165) is 6.42 Å². The second kappa shape index (κ2) is 8.94. The van der Waals surface area contributed by atoms with Crippen LogP contribution in [0.4, 0.5) is 23.8 Å². The average Bonchev–Trinajstić information content (AvgIpc) is 3.14. The fourth-order valence-corrected chi connectivity index (χ4v) is 5.38. The highest BCUT2D eigenvalue weighted by molar-refractivity contribution is 7.07. The van der Waals surface area contributed by atoms with Crippen molar-refractivity contribution in [1.29, 1.82) is 0 Å². The van der Waals surface area contributed by atoms with Gasteiger partial charge in [0.25, 0.3) is 0 Å². The van der Waals surface area contributed by atoms with Crippen molar-refractivity contribution in [3.63, 3.8) is 0 Å². The number of nitrogens with two attached hydrogens (primary N) is 1. The van der Waals surface area contributed by atoms with Crippen molar-refractivity contribution in [2.24, 2.45) is 10.7 Å². The van der Waals surface area contributed by atoms with E-state index >= 15 is 0 Å². The molecule has 2 aliphatic rings. The molecule has 0 bridgehead atoms. The molecule has 12 heteroatoms. The Balaban J connectivity index is 1.38. The molecule has 3 aromatic rings. The number of urea groups is 1. The lowest BCUT2D eigenvalue weighted by atomic mass is 10.0. The number of aromatic amines is 1. The number of anilines is 1. The Morgan fingerprint density at radius 3 is 2.68 bits per heavy atom. The summed E-state index contributed by atoms with van der Waals surface area (Å²) in [5.41, 5.74) is 7.04. The lowest BCUT2D eigenvalue weighted by molar-refractivity contribution is -0.0597. The fraction of sp³-hybridized carbons (Fsp3) is 0.320. The number of aliphatic imine (C=N–C) groups is 1. The summed E-state index contributed by atoms with van der Waals surface area (Å²) in [6.45, 7) is 7.85. The predicted octanol–water partition coefficient (Wildman–Crippen LogP) is 3.30. The van der Waals surface area contributed by atoms with Gasteiger partial charge in [-0.1, -0.05) is 36.9 Å². The van der Waals surface area contributed by atoms with Crippen molar-refractivity contribution in [3.8, 4) is 0 Å². The zero-order chi connectivity index (χ0) is 26.5. The van der Waals surface area contributed by atoms with Gasteiger partial charge in [-0.15, -0.1) is 11.3 Å². The van der Waals surface area contributed by atoms with Crippen LogP contribution in [0.3, 0.4) is 0 Å². The van der Waals surface area contributed by atoms with Crippen LogP contribution in [0.5, 0.6) is 0 Å². The number of fused-ring (bicyclic) bond motifs is 1. The minimum atomic E-state index is -4.80. The van der Waals surface area contributed by atoms with Crippen LogP contribution >= 0.6 is 11.3 Å². The Kier molecular flexibility index (Phi) is 6.01. The molecule has 8 nitrogen and oxygen atoms in total. The zero-order valence-electron chi connectivity index (χ0n) is 20.2. The molecule has 0 saturated heterocycles. The SMILES string of the molecule is C=c1ccs/c1=C(/N=C(\N)C(F)(F)F)Nc1n[nH]c2c1CN(C(=O)N[C@@H]1C[C@H]1c1ccccc1)C2(C)C. The molecule has 3 heterocycles. The molecule has 5 N–H and O–H groups in total. The third-order valence-corrected chi connectivity index (χ3v) is 7.73. The summed E-state index contributed by atoms with van der Waals surface area (Å²) >= 11 is 1.18. The number of halogens is 3. The summed E-state index contributed by atoms with van der Waals surface area (Å²) in [5.74, 6) is -1.06. The Labute approximate surface area is 214 Å². The second-order valence-corrected chi connectivity index (χ2v) is 10.5. The van der Waals surface area contributed by atoms with E-state index in [1.165, 1.54) is 16.9 Å². The Bertz CT molecular complexity index is 1480. The van der Waals surface area contributed by atoms with Gasteiger partial charge in [-0.25, -0.2) is 9.79 Å². The Morgan fingerprint density at radius 1 is 1.30 bits per heavy atom. The van der Waals surface area contributed by atoms with Crippen LogP contribution in [0.2, 0.25) is 0 Å². The first-order chi connectivity index (χ1) is 17.5. The van der Waals surface area contributed by atoms with E-state index in [-0.39, 0.29) is 36.2 Å². The maximum Gasteiger partial charge on any atom is 0.449 e. The number of rotatable bonds is 5. The molecule has 1 aromatic carbocycles. The molecule has 1 fully saturated rings. The normalized spacial score (nSPS) is 21.4. The van der Waals surface area contributed by atoms with Crippen molar-refractivity contribution in [3.05, 3.63) is 68.4 Å². The molecule has 37 heavy (non-hydrogen) atoms. The third-order valence-electron chi connectivity index (χ3n) is 6.76. The summed E-state index contributed by atoms with van der Waals surface area (Å²) in [6.07, 6.45) is -3.93. The van der Waals surface area contributed by atoms with Crippen LogP contribution in [-0.4, -0.2) is 39.2 Å². The largest absolute Gasteiger partial charge is 0.449 e. The van der Waals surface area contributed by atoms with Gasteiger partial charge in [0.15, 0.2) is 11.6 Å². The van der Waals surface area contributed by atoms with Crippen molar-refractivity contribution >= 4 is 41.4 Å². The molecule has 0 unspecified atom stereocenters. The number of aromatic nitrogens is 2. The first-order valence-electron chi connectivity index (χ1n) is 11.6. The first kappa shape index (κ1) is 24.9. The van der Waals surface area contributed by atoms with Crippen LogP contribution in [-0.2, 0) is 12.1 Å². The monoisotopic (exact) mass is 529 g/mol. The Hall–Kier alpha value is -3.80. The maximum absolute atomic E-state index is 13.3.